The molecule has 3 aliphatic heterocycles. The van der Waals surface area contributed by atoms with Gasteiger partial charge < -0.3 is 20.0 Å². The minimum absolute atomic E-state index is 0.0748. The van der Waals surface area contributed by atoms with E-state index in [2.05, 4.69) is 0 Å². The van der Waals surface area contributed by atoms with Crippen LogP contribution in [0, 0.1) is 17.2 Å². The van der Waals surface area contributed by atoms with Crippen molar-refractivity contribution in [3.8, 4) is 0 Å². The summed E-state index contributed by atoms with van der Waals surface area (Å²) in [5, 5.41) is 26.4. The minimum Gasteiger partial charge on any atom is -0.477 e. The number of aliphatic carboxylic acids is 1. The molecule has 0 bridgehead atoms. The van der Waals surface area contributed by atoms with Crippen LogP contribution < -0.4 is 0 Å². The van der Waals surface area contributed by atoms with Crippen LogP contribution >= 0.6 is 0 Å². The molecule has 0 aliphatic carbocycles. The van der Waals surface area contributed by atoms with Crippen LogP contribution in [0.2, 0.25) is 0 Å². The number of hydrogen-bond acceptors (Lipinski definition) is 4. The van der Waals surface area contributed by atoms with Crippen molar-refractivity contribution in [2.45, 2.75) is 31.9 Å². The highest BCUT2D eigenvalue weighted by Crippen LogP contribution is 2.47. The molecule has 3 rings (SSSR count). The van der Waals surface area contributed by atoms with E-state index in [0.717, 1.165) is 18.5 Å². The van der Waals surface area contributed by atoms with Crippen LogP contribution in [0.1, 0.15) is 19.8 Å². The SMILES string of the molecule is C[C@@H](O)[C@H]1C(=O)N2C(C(=O)O)=C(C3CCN(C=N)C3)C[C@H]12. The third kappa shape index (κ3) is 1.95. The summed E-state index contributed by atoms with van der Waals surface area (Å²) in [6, 6.07) is -0.215. The molecule has 0 aromatic carbocycles. The fourth-order valence-electron chi connectivity index (χ4n) is 3.86. The zero-order chi connectivity index (χ0) is 15.3. The number of amides is 1. The standard InChI is InChI=1S/C14H19N3O4/c1-7(18)11-10-4-9(8-2-3-16(5-8)6-15)12(14(20)21)17(10)13(11)19/h6-8,10-11,15,18H,2-5H2,1H3,(H,20,21)/t7-,8?,10-,11-/m1/s1. The summed E-state index contributed by atoms with van der Waals surface area (Å²) in [6.45, 7) is 2.94. The van der Waals surface area contributed by atoms with Gasteiger partial charge in [-0.05, 0) is 25.3 Å². The van der Waals surface area contributed by atoms with E-state index in [0.29, 0.717) is 13.0 Å². The van der Waals surface area contributed by atoms with Crippen molar-refractivity contribution >= 4 is 18.2 Å². The summed E-state index contributed by atoms with van der Waals surface area (Å²) in [5.41, 5.74) is 0.909. The minimum atomic E-state index is -1.07. The van der Waals surface area contributed by atoms with Crippen molar-refractivity contribution in [1.29, 1.82) is 5.41 Å². The summed E-state index contributed by atoms with van der Waals surface area (Å²) in [4.78, 5) is 26.9. The highest BCUT2D eigenvalue weighted by molar-refractivity contribution is 5.99. The molecule has 3 aliphatic rings. The van der Waals surface area contributed by atoms with Gasteiger partial charge in [0.15, 0.2) is 0 Å². The smallest absolute Gasteiger partial charge is 0.352 e. The lowest BCUT2D eigenvalue weighted by Crippen LogP contribution is -2.61. The maximum atomic E-state index is 12.1. The topological polar surface area (TPSA) is 105 Å². The molecule has 114 valence electrons. The first-order valence-electron chi connectivity index (χ1n) is 7.17. The molecule has 0 saturated carbocycles. The second-order valence-corrected chi connectivity index (χ2v) is 6.03. The van der Waals surface area contributed by atoms with E-state index in [-0.39, 0.29) is 23.6 Å². The Kier molecular flexibility index (Phi) is 3.24. The molecule has 2 fully saturated rings. The van der Waals surface area contributed by atoms with Crippen molar-refractivity contribution in [3.63, 3.8) is 0 Å². The van der Waals surface area contributed by atoms with Gasteiger partial charge in [-0.2, -0.15) is 0 Å². The molecule has 7 nitrogen and oxygen atoms in total. The number of fused-ring (bicyclic) bond motifs is 1. The molecule has 7 heteroatoms. The van der Waals surface area contributed by atoms with Gasteiger partial charge >= 0.3 is 5.97 Å². The van der Waals surface area contributed by atoms with Crippen molar-refractivity contribution < 1.29 is 19.8 Å². The number of aliphatic hydroxyl groups is 1. The molecule has 4 atom stereocenters. The fourth-order valence-corrected chi connectivity index (χ4v) is 3.86. The zero-order valence-corrected chi connectivity index (χ0v) is 11.8. The normalized spacial score (nSPS) is 33.0. The van der Waals surface area contributed by atoms with Crippen LogP contribution in [0.15, 0.2) is 11.3 Å². The largest absolute Gasteiger partial charge is 0.477 e. The summed E-state index contributed by atoms with van der Waals surface area (Å²) in [5.74, 6) is -1.77. The lowest BCUT2D eigenvalue weighted by molar-refractivity contribution is -0.161. The second kappa shape index (κ2) is 4.84. The van der Waals surface area contributed by atoms with Gasteiger partial charge in [-0.1, -0.05) is 0 Å². The number of aliphatic hydroxyl groups excluding tert-OH is 1. The van der Waals surface area contributed by atoms with Gasteiger partial charge in [0.1, 0.15) is 5.70 Å². The molecule has 21 heavy (non-hydrogen) atoms. The maximum absolute atomic E-state index is 12.1. The third-order valence-electron chi connectivity index (χ3n) is 4.86. The molecular weight excluding hydrogens is 274 g/mol. The molecule has 0 aromatic rings. The van der Waals surface area contributed by atoms with Crippen LogP contribution in [-0.2, 0) is 9.59 Å². The number of rotatable bonds is 4. The molecule has 1 unspecified atom stereocenters. The lowest BCUT2D eigenvalue weighted by Gasteiger charge is -2.44. The Morgan fingerprint density at radius 1 is 1.52 bits per heavy atom. The van der Waals surface area contributed by atoms with Gasteiger partial charge in [-0.15, -0.1) is 0 Å². The van der Waals surface area contributed by atoms with Crippen molar-refractivity contribution in [3.05, 3.63) is 11.3 Å². The molecule has 3 N–H and O–H groups in total. The van der Waals surface area contributed by atoms with Crippen molar-refractivity contribution in [2.75, 3.05) is 13.1 Å². The van der Waals surface area contributed by atoms with Gasteiger partial charge in [-0.3, -0.25) is 10.2 Å². The van der Waals surface area contributed by atoms with Crippen LogP contribution in [0.3, 0.4) is 0 Å². The Hall–Kier alpha value is -1.89. The summed E-state index contributed by atoms with van der Waals surface area (Å²) in [7, 11) is 0. The van der Waals surface area contributed by atoms with E-state index in [1.54, 1.807) is 6.92 Å². The summed E-state index contributed by atoms with van der Waals surface area (Å²) < 4.78 is 0. The number of carbonyl (C=O) groups is 2. The number of carbonyl (C=O) groups excluding carboxylic acids is 1. The average Bonchev–Trinajstić information content (AvgIpc) is 2.99. The van der Waals surface area contributed by atoms with Crippen LogP contribution in [0.25, 0.3) is 0 Å². The quantitative estimate of drug-likeness (QED) is 0.380. The lowest BCUT2D eigenvalue weighted by atomic mass is 9.82. The first-order chi connectivity index (χ1) is 9.95. The molecular formula is C14H19N3O4. The Morgan fingerprint density at radius 3 is 2.76 bits per heavy atom. The van der Waals surface area contributed by atoms with Crippen LogP contribution in [0.5, 0.6) is 0 Å². The van der Waals surface area contributed by atoms with Gasteiger partial charge in [0.2, 0.25) is 5.91 Å². The average molecular weight is 293 g/mol. The number of carboxylic acid groups (broad SMARTS) is 1. The number of nitrogens with one attached hydrogen (secondary N) is 1. The van der Waals surface area contributed by atoms with E-state index >= 15 is 0 Å². The number of hydrogen-bond donors (Lipinski definition) is 3. The Bertz CT molecular complexity index is 542. The molecule has 3 heterocycles. The molecule has 0 radical (unpaired) electrons. The number of carboxylic acids is 1. The first kappa shape index (κ1) is 14.1. The first-order valence-corrected chi connectivity index (χ1v) is 7.17. The highest BCUT2D eigenvalue weighted by Gasteiger charge is 2.57. The second-order valence-electron chi connectivity index (χ2n) is 6.03. The van der Waals surface area contributed by atoms with Gasteiger partial charge in [0.25, 0.3) is 0 Å². The van der Waals surface area contributed by atoms with E-state index in [1.165, 1.54) is 11.2 Å². The molecule has 0 spiro atoms. The van der Waals surface area contributed by atoms with Crippen LogP contribution in [0.4, 0.5) is 0 Å². The van der Waals surface area contributed by atoms with Crippen molar-refractivity contribution in [1.82, 2.24) is 9.80 Å². The highest BCUT2D eigenvalue weighted by atomic mass is 16.4. The Balaban J connectivity index is 1.88. The summed E-state index contributed by atoms with van der Waals surface area (Å²) in [6.07, 6.45) is 1.85. The predicted octanol–water partition coefficient (Wildman–Crippen LogP) is -0.134. The number of likely N-dealkylation sites (tertiary alicyclic amines) is 1. The van der Waals surface area contributed by atoms with Gasteiger partial charge in [0.05, 0.1) is 24.4 Å². The third-order valence-corrected chi connectivity index (χ3v) is 4.86. The number of β-lactam (4-membered cyclic amide) rings is 1. The monoisotopic (exact) mass is 293 g/mol. The number of nitrogens with zero attached hydrogens (tertiary/aromatic N) is 2. The van der Waals surface area contributed by atoms with E-state index in [9.17, 15) is 19.8 Å². The summed E-state index contributed by atoms with van der Waals surface area (Å²) >= 11 is 0. The van der Waals surface area contributed by atoms with Crippen LogP contribution in [-0.4, -0.2) is 63.5 Å². The fraction of sp³-hybridized carbons (Fsp3) is 0.643. The Morgan fingerprint density at radius 2 is 2.24 bits per heavy atom. The molecule has 1 amide bonds. The van der Waals surface area contributed by atoms with Crippen molar-refractivity contribution in [2.24, 2.45) is 11.8 Å². The van der Waals surface area contributed by atoms with E-state index in [1.807, 2.05) is 4.90 Å². The molecule has 0 aromatic heterocycles. The zero-order valence-electron chi connectivity index (χ0n) is 11.8. The van der Waals surface area contributed by atoms with E-state index in [4.69, 9.17) is 5.41 Å². The Labute approximate surface area is 122 Å². The molecule has 2 saturated heterocycles. The predicted molar refractivity (Wildman–Crippen MR) is 73.5 cm³/mol. The van der Waals surface area contributed by atoms with Gasteiger partial charge in [-0.25, -0.2) is 4.79 Å². The maximum Gasteiger partial charge on any atom is 0.352 e. The van der Waals surface area contributed by atoms with E-state index < -0.39 is 18.0 Å². The van der Waals surface area contributed by atoms with Gasteiger partial charge in [0, 0.05) is 19.0 Å².